The summed E-state index contributed by atoms with van der Waals surface area (Å²) in [4.78, 5) is 17.2. The Morgan fingerprint density at radius 1 is 0.903 bits per heavy atom. The van der Waals surface area contributed by atoms with E-state index in [1.165, 1.54) is 0 Å². The van der Waals surface area contributed by atoms with Crippen LogP contribution in [-0.4, -0.2) is 15.0 Å². The Morgan fingerprint density at radius 2 is 1.52 bits per heavy atom. The molecule has 0 fully saturated rings. The first-order chi connectivity index (χ1) is 14.3. The number of nitrogens with zero attached hydrogens (tertiary/aromatic N) is 4. The molecule has 0 aliphatic heterocycles. The number of hydrogen-bond acceptors (Lipinski definition) is 3. The summed E-state index contributed by atoms with van der Waals surface area (Å²) in [5, 5.41) is 0. The van der Waals surface area contributed by atoms with Crippen LogP contribution >= 0.6 is 0 Å². The summed E-state index contributed by atoms with van der Waals surface area (Å²) >= 11 is 0. The van der Waals surface area contributed by atoms with Gasteiger partial charge in [0.25, 0.3) is 0 Å². The number of halogens is 2. The maximum absolute atomic E-state index is 14.1. The zero-order chi connectivity index (χ0) is 21.5. The fourth-order valence-corrected chi connectivity index (χ4v) is 3.32. The standard InChI is InChI=1S/C24H20F2N4.Pt/c1-14-13-27-22(15(14)2)18-8-6-10-20(29-18)24(3,4)19-9-5-7-17(28-19)16-11-12-21(25)30-23(16)26;/h5-10,12-13H,1-4H3;/q-2;+2. The third-order valence-electron chi connectivity index (χ3n) is 5.36. The van der Waals surface area contributed by atoms with Crippen molar-refractivity contribution < 1.29 is 29.8 Å². The molecule has 4 aromatic rings. The SMILES string of the molecule is Cc1c[n-]c(-c2cccc(C(C)(C)c3cccc(-c4[c-]cc(F)nc4F)n3)n2)c1C.[Pt+2]. The molecule has 7 heteroatoms. The Hall–Kier alpha value is -2.72. The van der Waals surface area contributed by atoms with Crippen molar-refractivity contribution in [3.05, 3.63) is 89.1 Å². The molecular formula is C24H20F2N4Pt. The number of rotatable bonds is 4. The van der Waals surface area contributed by atoms with Gasteiger partial charge in [0.15, 0.2) is 0 Å². The van der Waals surface area contributed by atoms with Gasteiger partial charge < -0.3 is 9.97 Å². The largest absolute Gasteiger partial charge is 2.00 e. The third kappa shape index (κ3) is 4.35. The van der Waals surface area contributed by atoms with E-state index in [9.17, 15) is 8.78 Å². The molecule has 4 heterocycles. The van der Waals surface area contributed by atoms with Crippen molar-refractivity contribution in [3.63, 3.8) is 0 Å². The Morgan fingerprint density at radius 3 is 2.10 bits per heavy atom. The molecular weight excluding hydrogens is 577 g/mol. The Kier molecular flexibility index (Phi) is 6.51. The van der Waals surface area contributed by atoms with Crippen LogP contribution in [0.4, 0.5) is 8.78 Å². The molecule has 0 unspecified atom stereocenters. The van der Waals surface area contributed by atoms with Crippen molar-refractivity contribution in [2.24, 2.45) is 0 Å². The van der Waals surface area contributed by atoms with Crippen LogP contribution in [0.1, 0.15) is 36.4 Å². The van der Waals surface area contributed by atoms with E-state index in [0.717, 1.165) is 34.3 Å². The van der Waals surface area contributed by atoms with Crippen LogP contribution < -0.4 is 4.98 Å². The zero-order valence-corrected chi connectivity index (χ0v) is 19.8. The third-order valence-corrected chi connectivity index (χ3v) is 5.36. The van der Waals surface area contributed by atoms with Crippen LogP contribution in [0.15, 0.2) is 48.7 Å². The maximum Gasteiger partial charge on any atom is 2.00 e. The average Bonchev–Trinajstić information content (AvgIpc) is 3.07. The summed E-state index contributed by atoms with van der Waals surface area (Å²) < 4.78 is 27.3. The number of aryl methyl sites for hydroxylation is 1. The molecule has 0 N–H and O–H groups in total. The van der Waals surface area contributed by atoms with E-state index >= 15 is 0 Å². The molecule has 0 aliphatic carbocycles. The predicted octanol–water partition coefficient (Wildman–Crippen LogP) is 5.18. The number of pyridine rings is 3. The summed E-state index contributed by atoms with van der Waals surface area (Å²) in [7, 11) is 0. The van der Waals surface area contributed by atoms with Crippen LogP contribution in [0.2, 0.25) is 0 Å². The first-order valence-electron chi connectivity index (χ1n) is 9.56. The van der Waals surface area contributed by atoms with Crippen LogP contribution in [0.3, 0.4) is 0 Å². The van der Waals surface area contributed by atoms with Gasteiger partial charge in [-0.15, -0.1) is 11.8 Å². The second kappa shape index (κ2) is 8.80. The molecule has 0 aliphatic rings. The van der Waals surface area contributed by atoms with Gasteiger partial charge in [0.2, 0.25) is 0 Å². The van der Waals surface area contributed by atoms with E-state index in [0.29, 0.717) is 11.4 Å². The fraction of sp³-hybridized carbons (Fsp3) is 0.208. The van der Waals surface area contributed by atoms with Gasteiger partial charge in [0, 0.05) is 16.8 Å². The molecule has 0 spiro atoms. The first kappa shape index (κ1) is 23.0. The second-order valence-electron chi connectivity index (χ2n) is 7.74. The topological polar surface area (TPSA) is 52.8 Å². The van der Waals surface area contributed by atoms with Gasteiger partial charge >= 0.3 is 21.1 Å². The van der Waals surface area contributed by atoms with Crippen molar-refractivity contribution in [2.45, 2.75) is 33.1 Å². The molecule has 31 heavy (non-hydrogen) atoms. The fourth-order valence-electron chi connectivity index (χ4n) is 3.32. The van der Waals surface area contributed by atoms with Crippen molar-refractivity contribution >= 4 is 0 Å². The minimum atomic E-state index is -0.939. The van der Waals surface area contributed by atoms with E-state index in [1.54, 1.807) is 12.1 Å². The molecule has 160 valence electrons. The minimum absolute atomic E-state index is 0. The molecule has 4 aromatic heterocycles. The summed E-state index contributed by atoms with van der Waals surface area (Å²) in [6.07, 6.45) is 1.84. The van der Waals surface area contributed by atoms with Crippen molar-refractivity contribution in [2.75, 3.05) is 0 Å². The van der Waals surface area contributed by atoms with Gasteiger partial charge in [-0.05, 0) is 51.6 Å². The van der Waals surface area contributed by atoms with Gasteiger partial charge in [0.05, 0.1) is 5.69 Å². The molecule has 0 aromatic carbocycles. The van der Waals surface area contributed by atoms with Gasteiger partial charge in [-0.3, -0.25) is 9.97 Å². The van der Waals surface area contributed by atoms with E-state index in [2.05, 4.69) is 21.0 Å². The summed E-state index contributed by atoms with van der Waals surface area (Å²) in [5.74, 6) is -1.86. The predicted molar refractivity (Wildman–Crippen MR) is 111 cm³/mol. The molecule has 0 atom stereocenters. The maximum atomic E-state index is 14.1. The Balaban J connectivity index is 0.00000272. The van der Waals surface area contributed by atoms with Gasteiger partial charge in [-0.1, -0.05) is 41.0 Å². The van der Waals surface area contributed by atoms with E-state index in [1.807, 2.05) is 58.2 Å². The van der Waals surface area contributed by atoms with Gasteiger partial charge in [-0.25, -0.2) is 8.78 Å². The van der Waals surface area contributed by atoms with Crippen LogP contribution in [0.25, 0.3) is 22.6 Å². The normalized spacial score (nSPS) is 11.3. The number of aromatic nitrogens is 4. The molecule has 0 saturated carbocycles. The van der Waals surface area contributed by atoms with Gasteiger partial charge in [0.1, 0.15) is 11.9 Å². The summed E-state index contributed by atoms with van der Waals surface area (Å²) in [5.41, 5.74) is 5.20. The molecule has 0 bridgehead atoms. The molecule has 0 amide bonds. The quantitative estimate of drug-likeness (QED) is 0.241. The Bertz CT molecular complexity index is 1230. The molecule has 4 nitrogen and oxygen atoms in total. The van der Waals surface area contributed by atoms with Crippen molar-refractivity contribution in [1.29, 1.82) is 0 Å². The van der Waals surface area contributed by atoms with Gasteiger partial charge in [-0.2, -0.15) is 6.20 Å². The smallest absolute Gasteiger partial charge is 0.662 e. The number of hydrogen-bond donors (Lipinski definition) is 0. The van der Waals surface area contributed by atoms with E-state index in [-0.39, 0.29) is 26.6 Å². The first-order valence-corrected chi connectivity index (χ1v) is 9.56. The van der Waals surface area contributed by atoms with Crippen LogP contribution in [-0.2, 0) is 26.5 Å². The minimum Gasteiger partial charge on any atom is -0.662 e. The van der Waals surface area contributed by atoms with Crippen molar-refractivity contribution in [1.82, 2.24) is 19.9 Å². The molecule has 0 radical (unpaired) electrons. The molecule has 0 saturated heterocycles. The summed E-state index contributed by atoms with van der Waals surface area (Å²) in [6, 6.07) is 14.7. The van der Waals surface area contributed by atoms with E-state index in [4.69, 9.17) is 4.98 Å². The average molecular weight is 598 g/mol. The Labute approximate surface area is 194 Å². The second-order valence-corrected chi connectivity index (χ2v) is 7.74. The van der Waals surface area contributed by atoms with Crippen molar-refractivity contribution in [3.8, 4) is 22.6 Å². The summed E-state index contributed by atoms with van der Waals surface area (Å²) in [6.45, 7) is 8.06. The zero-order valence-electron chi connectivity index (χ0n) is 17.5. The van der Waals surface area contributed by atoms with E-state index < -0.39 is 17.3 Å². The molecule has 4 rings (SSSR count). The van der Waals surface area contributed by atoms with Crippen LogP contribution in [0, 0.1) is 31.8 Å². The van der Waals surface area contributed by atoms with Crippen LogP contribution in [0.5, 0.6) is 0 Å². The monoisotopic (exact) mass is 597 g/mol.